The van der Waals surface area contributed by atoms with Gasteiger partial charge in [0.05, 0.1) is 5.69 Å². The topological polar surface area (TPSA) is 53.5 Å². The number of rotatable bonds is 4. The third kappa shape index (κ3) is 2.44. The second-order valence-corrected chi connectivity index (χ2v) is 5.30. The van der Waals surface area contributed by atoms with Crippen molar-refractivity contribution >= 4 is 0 Å². The zero-order chi connectivity index (χ0) is 15.6. The highest BCUT2D eigenvalue weighted by molar-refractivity contribution is 5.59. The van der Waals surface area contributed by atoms with Crippen LogP contribution in [0.3, 0.4) is 0 Å². The molecule has 0 spiro atoms. The van der Waals surface area contributed by atoms with Crippen molar-refractivity contribution in [1.29, 1.82) is 0 Å². The smallest absolute Gasteiger partial charge is 0.227 e. The second kappa shape index (κ2) is 5.57. The molecule has 0 saturated heterocycles. The molecule has 114 valence electrons. The van der Waals surface area contributed by atoms with Gasteiger partial charge in [0.1, 0.15) is 0 Å². The first kappa shape index (κ1) is 13.5. The number of aromatic nitrogens is 6. The summed E-state index contributed by atoms with van der Waals surface area (Å²) < 4.78 is 5.60. The van der Waals surface area contributed by atoms with E-state index in [1.807, 2.05) is 63.7 Å². The van der Waals surface area contributed by atoms with Crippen LogP contribution in [-0.4, -0.2) is 29.3 Å². The summed E-state index contributed by atoms with van der Waals surface area (Å²) in [7, 11) is 0. The second-order valence-electron chi connectivity index (χ2n) is 5.30. The normalized spacial score (nSPS) is 11.2. The first-order chi connectivity index (χ1) is 11.3. The fourth-order valence-electron chi connectivity index (χ4n) is 2.65. The van der Waals surface area contributed by atoms with Gasteiger partial charge in [-0.2, -0.15) is 15.3 Å². The lowest BCUT2D eigenvalue weighted by Crippen LogP contribution is -2.28. The van der Waals surface area contributed by atoms with Crippen molar-refractivity contribution < 1.29 is 0 Å². The Morgan fingerprint density at radius 1 is 0.870 bits per heavy atom. The molecular formula is C17H16N6. The van der Waals surface area contributed by atoms with Crippen LogP contribution in [-0.2, 0) is 0 Å². The highest BCUT2D eigenvalue weighted by Crippen LogP contribution is 2.22. The molecule has 3 heterocycles. The van der Waals surface area contributed by atoms with Crippen LogP contribution in [0.5, 0.6) is 0 Å². The average Bonchev–Trinajstić information content (AvgIpc) is 3.33. The maximum atomic E-state index is 4.79. The SMILES string of the molecule is Cc1cc(-c2ccccc2)nn1C(n1cccn1)n1cccn1. The minimum atomic E-state index is -0.266. The van der Waals surface area contributed by atoms with Crippen LogP contribution < -0.4 is 0 Å². The lowest BCUT2D eigenvalue weighted by atomic mass is 10.1. The van der Waals surface area contributed by atoms with Crippen LogP contribution in [0, 0.1) is 6.92 Å². The summed E-state index contributed by atoms with van der Waals surface area (Å²) in [4.78, 5) is 0. The molecule has 0 aliphatic heterocycles. The summed E-state index contributed by atoms with van der Waals surface area (Å²) in [5.41, 5.74) is 3.07. The van der Waals surface area contributed by atoms with E-state index in [1.54, 1.807) is 12.4 Å². The maximum absolute atomic E-state index is 4.79. The molecule has 1 aromatic carbocycles. The molecule has 0 fully saturated rings. The van der Waals surface area contributed by atoms with Gasteiger partial charge in [0.25, 0.3) is 0 Å². The molecule has 0 saturated carbocycles. The predicted molar refractivity (Wildman–Crippen MR) is 86.7 cm³/mol. The summed E-state index contributed by atoms with van der Waals surface area (Å²) in [6.07, 6.45) is 7.07. The molecule has 6 nitrogen and oxygen atoms in total. The lowest BCUT2D eigenvalue weighted by Gasteiger charge is -2.20. The summed E-state index contributed by atoms with van der Waals surface area (Å²) in [5, 5.41) is 13.5. The van der Waals surface area contributed by atoms with Gasteiger partial charge in [0.2, 0.25) is 6.29 Å². The lowest BCUT2D eigenvalue weighted by molar-refractivity contribution is 0.280. The molecule has 0 unspecified atom stereocenters. The standard InChI is InChI=1S/C17H16N6/c1-14-13-16(15-7-3-2-4-8-15)20-23(14)17(21-11-5-9-18-21)22-12-6-10-19-22/h2-13,17H,1H3. The van der Waals surface area contributed by atoms with E-state index in [4.69, 9.17) is 5.10 Å². The molecular weight excluding hydrogens is 288 g/mol. The Kier molecular flexibility index (Phi) is 3.27. The molecule has 0 radical (unpaired) electrons. The molecule has 0 bridgehead atoms. The Morgan fingerprint density at radius 3 is 2.09 bits per heavy atom. The van der Waals surface area contributed by atoms with Crippen molar-refractivity contribution in [2.45, 2.75) is 13.2 Å². The van der Waals surface area contributed by atoms with E-state index in [9.17, 15) is 0 Å². The van der Waals surface area contributed by atoms with Crippen LogP contribution in [0.25, 0.3) is 11.3 Å². The zero-order valence-electron chi connectivity index (χ0n) is 12.7. The number of hydrogen-bond acceptors (Lipinski definition) is 3. The number of aryl methyl sites for hydroxylation is 1. The van der Waals surface area contributed by atoms with Crippen LogP contribution in [0.2, 0.25) is 0 Å². The molecule has 0 amide bonds. The van der Waals surface area contributed by atoms with E-state index in [0.29, 0.717) is 0 Å². The quantitative estimate of drug-likeness (QED) is 0.582. The Bertz CT molecular complexity index is 840. The number of hydrogen-bond donors (Lipinski definition) is 0. The molecule has 4 rings (SSSR count). The molecule has 23 heavy (non-hydrogen) atoms. The van der Waals surface area contributed by atoms with Crippen molar-refractivity contribution in [2.75, 3.05) is 0 Å². The van der Waals surface area contributed by atoms with Gasteiger partial charge >= 0.3 is 0 Å². The minimum absolute atomic E-state index is 0.266. The Morgan fingerprint density at radius 2 is 1.52 bits per heavy atom. The average molecular weight is 304 g/mol. The molecule has 6 heteroatoms. The van der Waals surface area contributed by atoms with Crippen molar-refractivity contribution in [3.05, 3.63) is 79.0 Å². The van der Waals surface area contributed by atoms with Gasteiger partial charge < -0.3 is 0 Å². The summed E-state index contributed by atoms with van der Waals surface area (Å²) in [6, 6.07) is 16.0. The third-order valence-corrected chi connectivity index (χ3v) is 3.73. The van der Waals surface area contributed by atoms with Crippen molar-refractivity contribution in [1.82, 2.24) is 29.3 Å². The van der Waals surface area contributed by atoms with E-state index >= 15 is 0 Å². The monoisotopic (exact) mass is 304 g/mol. The van der Waals surface area contributed by atoms with E-state index in [0.717, 1.165) is 17.0 Å². The van der Waals surface area contributed by atoms with Crippen LogP contribution in [0.15, 0.2) is 73.3 Å². The van der Waals surface area contributed by atoms with Gasteiger partial charge in [-0.1, -0.05) is 30.3 Å². The van der Waals surface area contributed by atoms with Gasteiger partial charge in [0.15, 0.2) is 0 Å². The highest BCUT2D eigenvalue weighted by atomic mass is 15.6. The highest BCUT2D eigenvalue weighted by Gasteiger charge is 2.20. The molecule has 0 atom stereocenters. The van der Waals surface area contributed by atoms with Crippen molar-refractivity contribution in [3.8, 4) is 11.3 Å². The van der Waals surface area contributed by atoms with Gasteiger partial charge in [0, 0.05) is 36.0 Å². The van der Waals surface area contributed by atoms with Crippen LogP contribution in [0.1, 0.15) is 12.0 Å². The first-order valence-electron chi connectivity index (χ1n) is 7.43. The van der Waals surface area contributed by atoms with E-state index < -0.39 is 0 Å². The van der Waals surface area contributed by atoms with Gasteiger partial charge in [-0.05, 0) is 25.1 Å². The summed E-state index contributed by atoms with van der Waals surface area (Å²) >= 11 is 0. The number of nitrogens with zero attached hydrogens (tertiary/aromatic N) is 6. The Labute approximate surface area is 133 Å². The summed E-state index contributed by atoms with van der Waals surface area (Å²) in [5.74, 6) is 0. The first-order valence-corrected chi connectivity index (χ1v) is 7.43. The summed E-state index contributed by atoms with van der Waals surface area (Å²) in [6.45, 7) is 2.04. The largest absolute Gasteiger partial charge is 0.238 e. The van der Waals surface area contributed by atoms with Crippen LogP contribution >= 0.6 is 0 Å². The number of benzene rings is 1. The fraction of sp³-hybridized carbons (Fsp3) is 0.118. The van der Waals surface area contributed by atoms with Crippen LogP contribution in [0.4, 0.5) is 0 Å². The third-order valence-electron chi connectivity index (χ3n) is 3.73. The molecule has 3 aromatic heterocycles. The van der Waals surface area contributed by atoms with E-state index in [1.165, 1.54) is 0 Å². The van der Waals surface area contributed by atoms with Gasteiger partial charge in [-0.25, -0.2) is 14.0 Å². The Balaban J connectivity index is 1.83. The predicted octanol–water partition coefficient (Wildman–Crippen LogP) is 2.80. The van der Waals surface area contributed by atoms with Gasteiger partial charge in [-0.15, -0.1) is 0 Å². The van der Waals surface area contributed by atoms with Crippen molar-refractivity contribution in [2.24, 2.45) is 0 Å². The van der Waals surface area contributed by atoms with Gasteiger partial charge in [-0.3, -0.25) is 0 Å². The minimum Gasteiger partial charge on any atom is -0.227 e. The van der Waals surface area contributed by atoms with E-state index in [-0.39, 0.29) is 6.29 Å². The zero-order valence-corrected chi connectivity index (χ0v) is 12.7. The molecule has 4 aromatic rings. The maximum Gasteiger partial charge on any atom is 0.238 e. The molecule has 0 aliphatic rings. The fourth-order valence-corrected chi connectivity index (χ4v) is 2.65. The van der Waals surface area contributed by atoms with Crippen molar-refractivity contribution in [3.63, 3.8) is 0 Å². The van der Waals surface area contributed by atoms with E-state index in [2.05, 4.69) is 28.4 Å². The Hall–Kier alpha value is -3.15. The molecule has 0 N–H and O–H groups in total. The molecule has 0 aliphatic carbocycles.